The van der Waals surface area contributed by atoms with Crippen molar-refractivity contribution in [1.29, 1.82) is 0 Å². The smallest absolute Gasteiger partial charge is 0.147 e. The molecular formula is C12H19IN4. The fraction of sp³-hybridized carbons (Fsp3) is 0.667. The van der Waals surface area contributed by atoms with E-state index in [4.69, 9.17) is 0 Å². The average molecular weight is 346 g/mol. The highest BCUT2D eigenvalue weighted by Crippen LogP contribution is 2.18. The topological polar surface area (TPSA) is 32.3 Å². The van der Waals surface area contributed by atoms with Crippen molar-refractivity contribution >= 4 is 28.4 Å². The highest BCUT2D eigenvalue weighted by atomic mass is 127. The zero-order valence-electron chi connectivity index (χ0n) is 10.6. The SMILES string of the molecule is CC(C)(C)N1CCN(c2cnc(I)cn2)CC1. The summed E-state index contributed by atoms with van der Waals surface area (Å²) in [5, 5.41) is 0. The van der Waals surface area contributed by atoms with Gasteiger partial charge in [-0.15, -0.1) is 0 Å². The minimum Gasteiger partial charge on any atom is -0.353 e. The van der Waals surface area contributed by atoms with Gasteiger partial charge in [0.2, 0.25) is 0 Å². The van der Waals surface area contributed by atoms with Crippen molar-refractivity contribution in [3.8, 4) is 0 Å². The molecular weight excluding hydrogens is 327 g/mol. The molecule has 1 aromatic heterocycles. The van der Waals surface area contributed by atoms with Gasteiger partial charge in [0.1, 0.15) is 9.52 Å². The Labute approximate surface area is 117 Å². The van der Waals surface area contributed by atoms with Gasteiger partial charge in [0.25, 0.3) is 0 Å². The average Bonchev–Trinajstić information content (AvgIpc) is 2.29. The second kappa shape index (κ2) is 5.06. The Morgan fingerprint density at radius 1 is 1.06 bits per heavy atom. The maximum Gasteiger partial charge on any atom is 0.147 e. The molecule has 0 atom stereocenters. The molecule has 1 aliphatic rings. The zero-order valence-corrected chi connectivity index (χ0v) is 12.8. The van der Waals surface area contributed by atoms with E-state index in [0.29, 0.717) is 0 Å². The molecule has 0 radical (unpaired) electrons. The van der Waals surface area contributed by atoms with E-state index in [1.54, 1.807) is 0 Å². The van der Waals surface area contributed by atoms with Gasteiger partial charge in [-0.05, 0) is 43.4 Å². The molecule has 0 saturated carbocycles. The minimum absolute atomic E-state index is 0.268. The van der Waals surface area contributed by atoms with Crippen molar-refractivity contribution < 1.29 is 0 Å². The van der Waals surface area contributed by atoms with Crippen LogP contribution in [-0.4, -0.2) is 46.6 Å². The highest BCUT2D eigenvalue weighted by Gasteiger charge is 2.26. The zero-order chi connectivity index (χ0) is 12.5. The molecule has 1 aromatic rings. The van der Waals surface area contributed by atoms with Crippen molar-refractivity contribution in [2.75, 3.05) is 31.1 Å². The second-order valence-electron chi connectivity index (χ2n) is 5.34. The van der Waals surface area contributed by atoms with Gasteiger partial charge in [0.15, 0.2) is 0 Å². The quantitative estimate of drug-likeness (QED) is 0.729. The van der Waals surface area contributed by atoms with Gasteiger partial charge in [-0.1, -0.05) is 0 Å². The molecule has 94 valence electrons. The van der Waals surface area contributed by atoms with Gasteiger partial charge in [0, 0.05) is 31.7 Å². The van der Waals surface area contributed by atoms with Crippen LogP contribution in [0, 0.1) is 3.70 Å². The summed E-state index contributed by atoms with van der Waals surface area (Å²) < 4.78 is 0.944. The second-order valence-corrected chi connectivity index (χ2v) is 6.45. The van der Waals surface area contributed by atoms with Crippen LogP contribution in [0.2, 0.25) is 0 Å². The largest absolute Gasteiger partial charge is 0.353 e. The summed E-state index contributed by atoms with van der Waals surface area (Å²) in [6.07, 6.45) is 3.69. The summed E-state index contributed by atoms with van der Waals surface area (Å²) in [5.41, 5.74) is 0.268. The number of halogens is 1. The minimum atomic E-state index is 0.268. The Bertz CT molecular complexity index is 363. The van der Waals surface area contributed by atoms with Crippen LogP contribution in [0.1, 0.15) is 20.8 Å². The van der Waals surface area contributed by atoms with Gasteiger partial charge in [-0.2, -0.15) is 0 Å². The Balaban J connectivity index is 1.97. The van der Waals surface area contributed by atoms with Crippen LogP contribution in [0.3, 0.4) is 0 Å². The lowest BCUT2D eigenvalue weighted by Gasteiger charge is -2.42. The molecule has 1 saturated heterocycles. The number of rotatable bonds is 1. The molecule has 0 aliphatic carbocycles. The van der Waals surface area contributed by atoms with Gasteiger partial charge in [-0.25, -0.2) is 9.97 Å². The number of hydrogen-bond acceptors (Lipinski definition) is 4. The van der Waals surface area contributed by atoms with Crippen molar-refractivity contribution in [3.05, 3.63) is 16.1 Å². The molecule has 4 nitrogen and oxygen atoms in total. The predicted octanol–water partition coefficient (Wildman–Crippen LogP) is 2.00. The Kier molecular flexibility index (Phi) is 3.87. The van der Waals surface area contributed by atoms with E-state index in [1.165, 1.54) is 0 Å². The fourth-order valence-corrected chi connectivity index (χ4v) is 2.35. The Morgan fingerprint density at radius 3 is 2.18 bits per heavy atom. The molecule has 0 bridgehead atoms. The molecule has 0 unspecified atom stereocenters. The molecule has 0 N–H and O–H groups in total. The van der Waals surface area contributed by atoms with Crippen LogP contribution in [0.25, 0.3) is 0 Å². The lowest BCUT2D eigenvalue weighted by atomic mass is 10.1. The molecule has 2 rings (SSSR count). The predicted molar refractivity (Wildman–Crippen MR) is 78.3 cm³/mol. The normalized spacial score (nSPS) is 18.5. The summed E-state index contributed by atoms with van der Waals surface area (Å²) >= 11 is 2.18. The molecule has 17 heavy (non-hydrogen) atoms. The van der Waals surface area contributed by atoms with E-state index in [2.05, 4.69) is 63.1 Å². The van der Waals surface area contributed by atoms with Crippen molar-refractivity contribution in [1.82, 2.24) is 14.9 Å². The van der Waals surface area contributed by atoms with Crippen LogP contribution >= 0.6 is 22.6 Å². The number of aromatic nitrogens is 2. The lowest BCUT2D eigenvalue weighted by Crippen LogP contribution is -2.53. The van der Waals surface area contributed by atoms with Crippen molar-refractivity contribution in [2.24, 2.45) is 0 Å². The Hall–Kier alpha value is -0.430. The monoisotopic (exact) mass is 346 g/mol. The first-order valence-corrected chi connectivity index (χ1v) is 7.02. The van der Waals surface area contributed by atoms with Crippen molar-refractivity contribution in [3.63, 3.8) is 0 Å². The van der Waals surface area contributed by atoms with Crippen LogP contribution in [0.15, 0.2) is 12.4 Å². The van der Waals surface area contributed by atoms with E-state index >= 15 is 0 Å². The maximum absolute atomic E-state index is 4.43. The van der Waals surface area contributed by atoms with E-state index in [1.807, 2.05) is 12.4 Å². The first-order chi connectivity index (χ1) is 7.97. The number of anilines is 1. The first-order valence-electron chi connectivity index (χ1n) is 5.94. The van der Waals surface area contributed by atoms with Gasteiger partial charge in [-0.3, -0.25) is 4.90 Å². The third kappa shape index (κ3) is 3.28. The Morgan fingerprint density at radius 2 is 1.71 bits per heavy atom. The summed E-state index contributed by atoms with van der Waals surface area (Å²) in [4.78, 5) is 13.5. The third-order valence-electron chi connectivity index (χ3n) is 3.16. The van der Waals surface area contributed by atoms with Gasteiger partial charge in [0.05, 0.1) is 12.4 Å². The van der Waals surface area contributed by atoms with Crippen molar-refractivity contribution in [2.45, 2.75) is 26.3 Å². The molecule has 1 aliphatic heterocycles. The first kappa shape index (κ1) is 13.0. The highest BCUT2D eigenvalue weighted by molar-refractivity contribution is 14.1. The van der Waals surface area contributed by atoms with E-state index in [0.717, 1.165) is 35.7 Å². The standard InChI is InChI=1S/C12H19IN4/c1-12(2,3)17-6-4-16(5-7-17)11-9-14-10(13)8-15-11/h8-9H,4-7H2,1-3H3. The molecule has 0 spiro atoms. The van der Waals surface area contributed by atoms with Crippen LogP contribution in [0.4, 0.5) is 5.82 Å². The number of nitrogens with zero attached hydrogens (tertiary/aromatic N) is 4. The van der Waals surface area contributed by atoms with E-state index in [9.17, 15) is 0 Å². The number of hydrogen-bond donors (Lipinski definition) is 0. The molecule has 5 heteroatoms. The fourth-order valence-electron chi connectivity index (χ4n) is 2.08. The number of piperazine rings is 1. The summed E-state index contributed by atoms with van der Waals surface area (Å²) in [5.74, 6) is 0.999. The molecule has 1 fully saturated rings. The summed E-state index contributed by atoms with van der Waals surface area (Å²) in [6, 6.07) is 0. The van der Waals surface area contributed by atoms with E-state index in [-0.39, 0.29) is 5.54 Å². The summed E-state index contributed by atoms with van der Waals surface area (Å²) in [7, 11) is 0. The molecule has 0 aromatic carbocycles. The third-order valence-corrected chi connectivity index (χ3v) is 3.72. The van der Waals surface area contributed by atoms with Gasteiger partial charge >= 0.3 is 0 Å². The van der Waals surface area contributed by atoms with Crippen LogP contribution < -0.4 is 4.90 Å². The van der Waals surface area contributed by atoms with Gasteiger partial charge < -0.3 is 4.90 Å². The maximum atomic E-state index is 4.43. The molecule has 0 amide bonds. The lowest BCUT2D eigenvalue weighted by molar-refractivity contribution is 0.128. The summed E-state index contributed by atoms with van der Waals surface area (Å²) in [6.45, 7) is 11.1. The van der Waals surface area contributed by atoms with Crippen LogP contribution in [0.5, 0.6) is 0 Å². The molecule has 2 heterocycles. The van der Waals surface area contributed by atoms with Crippen LogP contribution in [-0.2, 0) is 0 Å². The van der Waals surface area contributed by atoms with E-state index < -0.39 is 0 Å².